The Balaban J connectivity index is 0.00000182. The first-order chi connectivity index (χ1) is 11.8. The average Bonchev–Trinajstić information content (AvgIpc) is 2.63. The Hall–Kier alpha value is -1.32. The number of rotatable bonds is 3. The molecule has 0 radical (unpaired) electrons. The molecule has 1 aromatic carbocycles. The molecular weight excluding hydrogens is 332 g/mol. The molecule has 3 nitrogen and oxygen atoms in total. The van der Waals surface area contributed by atoms with Gasteiger partial charge < -0.3 is 4.90 Å². The van der Waals surface area contributed by atoms with Gasteiger partial charge in [0.15, 0.2) is 5.78 Å². The zero-order chi connectivity index (χ0) is 16.4. The van der Waals surface area contributed by atoms with Crippen molar-refractivity contribution in [3.63, 3.8) is 0 Å². The van der Waals surface area contributed by atoms with Gasteiger partial charge in [-0.2, -0.15) is 0 Å². The molecule has 3 aliphatic rings. The van der Waals surface area contributed by atoms with E-state index in [1.54, 1.807) is 0 Å². The average molecular weight is 361 g/mol. The van der Waals surface area contributed by atoms with Crippen molar-refractivity contribution in [1.82, 2.24) is 9.80 Å². The molecule has 0 aromatic heterocycles. The Kier molecular flexibility index (Phi) is 6.19. The molecule has 1 saturated carbocycles. The highest BCUT2D eigenvalue weighted by Gasteiger charge is 2.34. The summed E-state index contributed by atoms with van der Waals surface area (Å²) in [5.41, 5.74) is 3.85. The van der Waals surface area contributed by atoms with E-state index in [2.05, 4.69) is 40.1 Å². The van der Waals surface area contributed by atoms with Gasteiger partial charge in [0.05, 0.1) is 6.67 Å². The molecule has 1 fully saturated rings. The van der Waals surface area contributed by atoms with Gasteiger partial charge in [0.25, 0.3) is 0 Å². The van der Waals surface area contributed by atoms with Gasteiger partial charge in [0, 0.05) is 36.8 Å². The molecule has 1 aliphatic heterocycles. The second-order valence-electron chi connectivity index (χ2n) is 7.58. The summed E-state index contributed by atoms with van der Waals surface area (Å²) in [6.45, 7) is 2.77. The van der Waals surface area contributed by atoms with Crippen molar-refractivity contribution in [2.24, 2.45) is 0 Å². The molecule has 0 unspecified atom stereocenters. The van der Waals surface area contributed by atoms with Crippen LogP contribution < -0.4 is 0 Å². The van der Waals surface area contributed by atoms with Gasteiger partial charge in [-0.15, -0.1) is 12.4 Å². The zero-order valence-corrected chi connectivity index (χ0v) is 15.8. The summed E-state index contributed by atoms with van der Waals surface area (Å²) in [7, 11) is 0. The summed E-state index contributed by atoms with van der Waals surface area (Å²) < 4.78 is 0. The Bertz CT molecular complexity index is 622. The molecule has 0 saturated heterocycles. The normalized spacial score (nSPS) is 22.6. The summed E-state index contributed by atoms with van der Waals surface area (Å²) in [6, 6.07) is 11.3. The third-order valence-electron chi connectivity index (χ3n) is 5.85. The first-order valence-electron chi connectivity index (χ1n) is 9.59. The summed E-state index contributed by atoms with van der Waals surface area (Å²) in [5, 5.41) is 0. The van der Waals surface area contributed by atoms with Gasteiger partial charge in [-0.3, -0.25) is 9.69 Å². The second kappa shape index (κ2) is 8.37. The van der Waals surface area contributed by atoms with E-state index in [4.69, 9.17) is 0 Å². The van der Waals surface area contributed by atoms with E-state index in [9.17, 15) is 4.79 Å². The molecule has 0 spiro atoms. The number of halogens is 1. The molecule has 4 rings (SSSR count). The van der Waals surface area contributed by atoms with Crippen LogP contribution >= 0.6 is 12.4 Å². The van der Waals surface area contributed by atoms with Crippen LogP contribution in [0.2, 0.25) is 0 Å². The van der Waals surface area contributed by atoms with Crippen molar-refractivity contribution in [1.29, 1.82) is 0 Å². The monoisotopic (exact) mass is 360 g/mol. The predicted molar refractivity (Wildman–Crippen MR) is 104 cm³/mol. The molecular formula is C21H29ClN2O. The van der Waals surface area contributed by atoms with Crippen LogP contribution in [0.5, 0.6) is 0 Å². The standard InChI is InChI=1S/C21H28N2O.ClH/c24-21-13-7-12-20-19(21)15-22(14-17-8-3-1-4-9-17)16-23(20)18-10-5-2-6-11-18;/h1,3-4,8-9,18H,2,5-7,10-16H2;1H. The lowest BCUT2D eigenvalue weighted by Gasteiger charge is -2.46. The minimum absolute atomic E-state index is 0. The second-order valence-corrected chi connectivity index (χ2v) is 7.58. The van der Waals surface area contributed by atoms with Crippen LogP contribution in [0.25, 0.3) is 0 Å². The molecule has 25 heavy (non-hydrogen) atoms. The predicted octanol–water partition coefficient (Wildman–Crippen LogP) is 4.52. The lowest BCUT2D eigenvalue weighted by molar-refractivity contribution is -0.117. The number of ketones is 1. The number of hydrogen-bond donors (Lipinski definition) is 0. The Morgan fingerprint density at radius 1 is 0.960 bits per heavy atom. The highest BCUT2D eigenvalue weighted by Crippen LogP contribution is 2.35. The lowest BCUT2D eigenvalue weighted by atomic mass is 9.88. The zero-order valence-electron chi connectivity index (χ0n) is 15.0. The minimum atomic E-state index is 0. The van der Waals surface area contributed by atoms with E-state index in [0.717, 1.165) is 44.6 Å². The maximum atomic E-state index is 12.5. The molecule has 0 N–H and O–H groups in total. The van der Waals surface area contributed by atoms with Crippen LogP contribution in [0.15, 0.2) is 41.6 Å². The van der Waals surface area contributed by atoms with Crippen molar-refractivity contribution in [3.05, 3.63) is 47.2 Å². The minimum Gasteiger partial charge on any atom is -0.358 e. The van der Waals surface area contributed by atoms with Gasteiger partial charge in [0.2, 0.25) is 0 Å². The fourth-order valence-corrected chi connectivity index (χ4v) is 4.63. The van der Waals surface area contributed by atoms with Gasteiger partial charge >= 0.3 is 0 Å². The number of hydrogen-bond acceptors (Lipinski definition) is 3. The smallest absolute Gasteiger partial charge is 0.161 e. The van der Waals surface area contributed by atoms with Gasteiger partial charge in [-0.1, -0.05) is 49.6 Å². The number of Topliss-reactive ketones (excluding diaryl/α,β-unsaturated/α-hetero) is 1. The maximum Gasteiger partial charge on any atom is 0.161 e. The van der Waals surface area contributed by atoms with Crippen LogP contribution in [0, 0.1) is 0 Å². The SMILES string of the molecule is Cl.O=C1CCCC2=C1CN(Cc1ccccc1)CN2C1CCCCC1. The largest absolute Gasteiger partial charge is 0.358 e. The number of benzene rings is 1. The molecule has 0 amide bonds. The van der Waals surface area contributed by atoms with Crippen molar-refractivity contribution < 1.29 is 4.79 Å². The topological polar surface area (TPSA) is 23.6 Å². The van der Waals surface area contributed by atoms with Crippen LogP contribution in [0.1, 0.15) is 56.9 Å². The Labute approximate surface area is 157 Å². The number of carbonyl (C=O) groups excluding carboxylic acids is 1. The molecule has 136 valence electrons. The van der Waals surface area contributed by atoms with Crippen LogP contribution in [0.3, 0.4) is 0 Å². The molecule has 4 heteroatoms. The quantitative estimate of drug-likeness (QED) is 0.791. The summed E-state index contributed by atoms with van der Waals surface area (Å²) in [5.74, 6) is 0.398. The molecule has 1 aromatic rings. The van der Waals surface area contributed by atoms with E-state index < -0.39 is 0 Å². The van der Waals surface area contributed by atoms with E-state index in [1.807, 2.05) is 0 Å². The first kappa shape index (κ1) is 18.5. The van der Waals surface area contributed by atoms with Crippen molar-refractivity contribution >= 4 is 18.2 Å². The van der Waals surface area contributed by atoms with Gasteiger partial charge in [-0.25, -0.2) is 0 Å². The highest BCUT2D eigenvalue weighted by atomic mass is 35.5. The number of allylic oxidation sites excluding steroid dienone is 1. The fourth-order valence-electron chi connectivity index (χ4n) is 4.63. The van der Waals surface area contributed by atoms with Gasteiger partial charge in [0.1, 0.15) is 0 Å². The van der Waals surface area contributed by atoms with Crippen molar-refractivity contribution in [2.75, 3.05) is 13.2 Å². The van der Waals surface area contributed by atoms with Crippen LogP contribution in [-0.2, 0) is 11.3 Å². The Morgan fingerprint density at radius 2 is 1.72 bits per heavy atom. The summed E-state index contributed by atoms with van der Waals surface area (Å²) in [6.07, 6.45) is 9.55. The van der Waals surface area contributed by atoms with Crippen LogP contribution in [0.4, 0.5) is 0 Å². The van der Waals surface area contributed by atoms with E-state index in [1.165, 1.54) is 43.4 Å². The maximum absolute atomic E-state index is 12.5. The third-order valence-corrected chi connectivity index (χ3v) is 5.85. The van der Waals surface area contributed by atoms with Crippen LogP contribution in [-0.4, -0.2) is 34.8 Å². The third kappa shape index (κ3) is 4.09. The molecule has 2 aliphatic carbocycles. The van der Waals surface area contributed by atoms with E-state index in [-0.39, 0.29) is 12.4 Å². The molecule has 0 atom stereocenters. The molecule has 1 heterocycles. The number of nitrogens with zero attached hydrogens (tertiary/aromatic N) is 2. The van der Waals surface area contributed by atoms with Gasteiger partial charge in [-0.05, 0) is 31.2 Å². The van der Waals surface area contributed by atoms with Crippen molar-refractivity contribution in [2.45, 2.75) is 64.0 Å². The highest BCUT2D eigenvalue weighted by molar-refractivity contribution is 5.97. The number of carbonyl (C=O) groups is 1. The summed E-state index contributed by atoms with van der Waals surface area (Å²) >= 11 is 0. The van der Waals surface area contributed by atoms with Crippen molar-refractivity contribution in [3.8, 4) is 0 Å². The first-order valence-corrected chi connectivity index (χ1v) is 9.59. The van der Waals surface area contributed by atoms with E-state index in [0.29, 0.717) is 11.8 Å². The van der Waals surface area contributed by atoms with E-state index >= 15 is 0 Å². The molecule has 0 bridgehead atoms. The lowest BCUT2D eigenvalue weighted by Crippen LogP contribution is -2.50. The Morgan fingerprint density at radius 3 is 2.48 bits per heavy atom. The fraction of sp³-hybridized carbons (Fsp3) is 0.571. The summed E-state index contributed by atoms with van der Waals surface area (Å²) in [4.78, 5) is 17.6.